The summed E-state index contributed by atoms with van der Waals surface area (Å²) in [5, 5.41) is 12.9. The van der Waals surface area contributed by atoms with Crippen molar-refractivity contribution in [1.82, 2.24) is 5.32 Å². The Morgan fingerprint density at radius 3 is 2.48 bits per heavy atom. The monoisotopic (exact) mass is 292 g/mol. The lowest BCUT2D eigenvalue weighted by Gasteiger charge is -2.34. The minimum absolute atomic E-state index is 0.201. The zero-order chi connectivity index (χ0) is 15.7. The molecule has 0 unspecified atom stereocenters. The van der Waals surface area contributed by atoms with Gasteiger partial charge in [0.25, 0.3) is 0 Å². The largest absolute Gasteiger partial charge is 0.395 e. The third-order valence-corrected chi connectivity index (χ3v) is 4.01. The van der Waals surface area contributed by atoms with Crippen LogP contribution < -0.4 is 10.2 Å². The second-order valence-electron chi connectivity index (χ2n) is 5.70. The van der Waals surface area contributed by atoms with Crippen LogP contribution in [0.4, 0.5) is 5.69 Å². The number of nitrogens with zero attached hydrogens (tertiary/aromatic N) is 1. The summed E-state index contributed by atoms with van der Waals surface area (Å²) in [4.78, 5) is 2.38. The van der Waals surface area contributed by atoms with Crippen LogP contribution in [0.3, 0.4) is 0 Å². The van der Waals surface area contributed by atoms with Crippen LogP contribution in [0.25, 0.3) is 0 Å². The number of anilines is 1. The average Bonchev–Trinajstić information content (AvgIpc) is 2.48. The predicted molar refractivity (Wildman–Crippen MR) is 92.0 cm³/mol. The Morgan fingerprint density at radius 2 is 1.90 bits per heavy atom. The lowest BCUT2D eigenvalue weighted by atomic mass is 10.0. The van der Waals surface area contributed by atoms with Crippen LogP contribution >= 0.6 is 0 Å². The Labute approximate surface area is 130 Å². The summed E-state index contributed by atoms with van der Waals surface area (Å²) in [5.41, 5.74) is 3.90. The second-order valence-corrected chi connectivity index (χ2v) is 5.70. The fourth-order valence-electron chi connectivity index (χ4n) is 2.87. The summed E-state index contributed by atoms with van der Waals surface area (Å²) in [6.07, 6.45) is 3.35. The van der Waals surface area contributed by atoms with Gasteiger partial charge in [-0.3, -0.25) is 0 Å². The van der Waals surface area contributed by atoms with Crippen molar-refractivity contribution in [2.24, 2.45) is 0 Å². The molecular weight excluding hydrogens is 260 g/mol. The van der Waals surface area contributed by atoms with Gasteiger partial charge in [0.05, 0.1) is 6.61 Å². The number of aliphatic hydroxyl groups is 1. The van der Waals surface area contributed by atoms with Crippen molar-refractivity contribution in [2.75, 3.05) is 24.6 Å². The minimum Gasteiger partial charge on any atom is -0.395 e. The minimum atomic E-state index is 0.201. The molecule has 1 aromatic rings. The van der Waals surface area contributed by atoms with Crippen LogP contribution in [-0.4, -0.2) is 30.8 Å². The van der Waals surface area contributed by atoms with Crippen molar-refractivity contribution in [3.8, 4) is 0 Å². The standard InChI is InChI=1S/C18H32N2O/c1-5-10-19-14-16-13-15(4)8-9-18(16)20(11-12-21)17(6-2)7-3/h8-9,13,17,19,21H,5-7,10-12,14H2,1-4H3. The van der Waals surface area contributed by atoms with Crippen LogP contribution in [0.1, 0.15) is 51.2 Å². The molecule has 1 aromatic carbocycles. The maximum absolute atomic E-state index is 9.44. The molecule has 0 aliphatic heterocycles. The summed E-state index contributed by atoms with van der Waals surface area (Å²) in [6.45, 7) is 11.6. The molecule has 0 amide bonds. The lowest BCUT2D eigenvalue weighted by molar-refractivity contribution is 0.296. The highest BCUT2D eigenvalue weighted by atomic mass is 16.3. The third-order valence-electron chi connectivity index (χ3n) is 4.01. The van der Waals surface area contributed by atoms with Gasteiger partial charge in [-0.15, -0.1) is 0 Å². The van der Waals surface area contributed by atoms with Crippen molar-refractivity contribution >= 4 is 5.69 Å². The molecule has 0 bridgehead atoms. The first kappa shape index (κ1) is 18.0. The molecule has 3 nitrogen and oxygen atoms in total. The summed E-state index contributed by atoms with van der Waals surface area (Å²) >= 11 is 0. The van der Waals surface area contributed by atoms with Crippen LogP contribution in [0.15, 0.2) is 18.2 Å². The molecule has 0 aromatic heterocycles. The van der Waals surface area contributed by atoms with Crippen LogP contribution in [-0.2, 0) is 6.54 Å². The van der Waals surface area contributed by atoms with E-state index in [-0.39, 0.29) is 6.61 Å². The van der Waals surface area contributed by atoms with E-state index in [1.807, 2.05) is 0 Å². The SMILES string of the molecule is CCCNCc1cc(C)ccc1N(CCO)C(CC)CC. The van der Waals surface area contributed by atoms with Gasteiger partial charge in [0.2, 0.25) is 0 Å². The van der Waals surface area contributed by atoms with Gasteiger partial charge in [0.1, 0.15) is 0 Å². The summed E-state index contributed by atoms with van der Waals surface area (Å²) < 4.78 is 0. The predicted octanol–water partition coefficient (Wildman–Crippen LogP) is 3.48. The maximum Gasteiger partial charge on any atom is 0.0606 e. The first-order chi connectivity index (χ1) is 10.2. The average molecular weight is 292 g/mol. The zero-order valence-electron chi connectivity index (χ0n) is 14.2. The number of hydrogen-bond donors (Lipinski definition) is 2. The second kappa shape index (κ2) is 9.80. The number of rotatable bonds is 10. The zero-order valence-corrected chi connectivity index (χ0v) is 14.2. The van der Waals surface area contributed by atoms with E-state index in [2.05, 4.69) is 56.1 Å². The Kier molecular flexibility index (Phi) is 8.40. The topological polar surface area (TPSA) is 35.5 Å². The fraction of sp³-hybridized carbons (Fsp3) is 0.667. The summed E-state index contributed by atoms with van der Waals surface area (Å²) in [5.74, 6) is 0. The van der Waals surface area contributed by atoms with Gasteiger partial charge in [-0.2, -0.15) is 0 Å². The van der Waals surface area contributed by atoms with Gasteiger partial charge >= 0.3 is 0 Å². The molecule has 0 aliphatic rings. The number of benzene rings is 1. The normalized spacial score (nSPS) is 11.1. The van der Waals surface area contributed by atoms with E-state index < -0.39 is 0 Å². The van der Waals surface area contributed by atoms with Gasteiger partial charge in [-0.1, -0.05) is 38.5 Å². The lowest BCUT2D eigenvalue weighted by Crippen LogP contribution is -2.37. The first-order valence-electron chi connectivity index (χ1n) is 8.35. The van der Waals surface area contributed by atoms with Crippen LogP contribution in [0.2, 0.25) is 0 Å². The van der Waals surface area contributed by atoms with E-state index in [0.29, 0.717) is 12.6 Å². The first-order valence-corrected chi connectivity index (χ1v) is 8.35. The molecular formula is C18H32N2O. The highest BCUT2D eigenvalue weighted by Crippen LogP contribution is 2.26. The smallest absolute Gasteiger partial charge is 0.0606 e. The van der Waals surface area contributed by atoms with Gasteiger partial charge < -0.3 is 15.3 Å². The molecule has 1 rings (SSSR count). The molecule has 0 heterocycles. The van der Waals surface area contributed by atoms with Crippen molar-refractivity contribution in [1.29, 1.82) is 0 Å². The Hall–Kier alpha value is -1.06. The van der Waals surface area contributed by atoms with E-state index in [1.165, 1.54) is 16.8 Å². The Bertz CT molecular complexity index is 402. The van der Waals surface area contributed by atoms with E-state index in [4.69, 9.17) is 0 Å². The fourth-order valence-corrected chi connectivity index (χ4v) is 2.87. The highest BCUT2D eigenvalue weighted by Gasteiger charge is 2.18. The van der Waals surface area contributed by atoms with E-state index in [1.54, 1.807) is 0 Å². The van der Waals surface area contributed by atoms with Crippen molar-refractivity contribution in [3.63, 3.8) is 0 Å². The molecule has 0 saturated heterocycles. The van der Waals surface area contributed by atoms with Gasteiger partial charge in [-0.25, -0.2) is 0 Å². The molecule has 0 spiro atoms. The number of aryl methyl sites for hydroxylation is 1. The van der Waals surface area contributed by atoms with Gasteiger partial charge in [-0.05, 0) is 44.4 Å². The third kappa shape index (κ3) is 5.33. The molecule has 120 valence electrons. The van der Waals surface area contributed by atoms with Gasteiger partial charge in [0, 0.05) is 24.8 Å². The van der Waals surface area contributed by atoms with E-state index in [0.717, 1.165) is 32.4 Å². The molecule has 0 aliphatic carbocycles. The Morgan fingerprint density at radius 1 is 1.19 bits per heavy atom. The summed E-state index contributed by atoms with van der Waals surface area (Å²) in [6, 6.07) is 7.15. The van der Waals surface area contributed by atoms with Crippen molar-refractivity contribution in [3.05, 3.63) is 29.3 Å². The number of hydrogen-bond acceptors (Lipinski definition) is 3. The van der Waals surface area contributed by atoms with E-state index in [9.17, 15) is 5.11 Å². The molecule has 0 fully saturated rings. The summed E-state index contributed by atoms with van der Waals surface area (Å²) in [7, 11) is 0. The molecule has 0 radical (unpaired) electrons. The number of nitrogens with one attached hydrogen (secondary N) is 1. The van der Waals surface area contributed by atoms with Gasteiger partial charge in [0.15, 0.2) is 0 Å². The highest BCUT2D eigenvalue weighted by molar-refractivity contribution is 5.56. The molecule has 2 N–H and O–H groups in total. The Balaban J connectivity index is 3.04. The molecule has 0 atom stereocenters. The van der Waals surface area contributed by atoms with Crippen LogP contribution in [0.5, 0.6) is 0 Å². The van der Waals surface area contributed by atoms with Crippen molar-refractivity contribution in [2.45, 2.75) is 59.5 Å². The maximum atomic E-state index is 9.44. The van der Waals surface area contributed by atoms with Crippen molar-refractivity contribution < 1.29 is 5.11 Å². The number of aliphatic hydroxyl groups excluding tert-OH is 1. The van der Waals surface area contributed by atoms with E-state index >= 15 is 0 Å². The molecule has 0 saturated carbocycles. The molecule has 3 heteroatoms. The van der Waals surface area contributed by atoms with Crippen LogP contribution in [0, 0.1) is 6.92 Å². The molecule has 21 heavy (non-hydrogen) atoms. The quantitative estimate of drug-likeness (QED) is 0.648.